The second kappa shape index (κ2) is 8.83. The fourth-order valence-electron chi connectivity index (χ4n) is 1.43. The summed E-state index contributed by atoms with van der Waals surface area (Å²) < 4.78 is 9.82. The molecule has 0 saturated carbocycles. The van der Waals surface area contributed by atoms with Gasteiger partial charge in [0, 0.05) is 27.3 Å². The summed E-state index contributed by atoms with van der Waals surface area (Å²) in [4.78, 5) is 13.5. The average Bonchev–Trinajstić information content (AvgIpc) is 2.13. The van der Waals surface area contributed by atoms with Crippen LogP contribution < -0.4 is 0 Å². The van der Waals surface area contributed by atoms with Crippen molar-refractivity contribution in [3.63, 3.8) is 0 Å². The number of hydrogen-bond acceptors (Lipinski definition) is 4. The molecule has 0 bridgehead atoms. The lowest BCUT2D eigenvalue weighted by Gasteiger charge is -2.22. The van der Waals surface area contributed by atoms with Crippen LogP contribution in [0.1, 0.15) is 13.8 Å². The Balaban J connectivity index is 3.93. The number of carbonyl (C=O) groups excluding carboxylic acids is 1. The monoisotopic (exact) mass is 217 g/mol. The third-order valence-electron chi connectivity index (χ3n) is 1.94. The summed E-state index contributed by atoms with van der Waals surface area (Å²) in [5.41, 5.74) is 0. The van der Waals surface area contributed by atoms with Crippen LogP contribution in [-0.4, -0.2) is 57.8 Å². The van der Waals surface area contributed by atoms with Gasteiger partial charge in [-0.2, -0.15) is 0 Å². The zero-order chi connectivity index (χ0) is 11.7. The minimum Gasteiger partial charge on any atom is -0.383 e. The molecule has 90 valence electrons. The molecule has 4 heteroatoms. The first-order valence-corrected chi connectivity index (χ1v) is 5.32. The van der Waals surface area contributed by atoms with Gasteiger partial charge >= 0.3 is 0 Å². The van der Waals surface area contributed by atoms with Gasteiger partial charge < -0.3 is 9.47 Å². The second-order valence-corrected chi connectivity index (χ2v) is 4.09. The van der Waals surface area contributed by atoms with E-state index in [0.29, 0.717) is 19.1 Å². The number of hydrogen-bond donors (Lipinski definition) is 0. The predicted molar refractivity (Wildman–Crippen MR) is 60.0 cm³/mol. The van der Waals surface area contributed by atoms with Crippen LogP contribution in [0.2, 0.25) is 0 Å². The smallest absolute Gasteiger partial charge is 0.172 e. The van der Waals surface area contributed by atoms with E-state index in [1.165, 1.54) is 0 Å². The second-order valence-electron chi connectivity index (χ2n) is 4.09. The summed E-state index contributed by atoms with van der Waals surface area (Å²) in [6.07, 6.45) is 0. The molecule has 0 amide bonds. The summed E-state index contributed by atoms with van der Waals surface area (Å²) in [6, 6.07) is 0. The van der Waals surface area contributed by atoms with Crippen molar-refractivity contribution >= 4 is 5.78 Å². The standard InChI is InChI=1S/C11H23NO3/c1-10(2)7-12(5-6-14-3)8-11(13)9-15-4/h10H,5-9H2,1-4H3. The molecule has 0 rings (SSSR count). The van der Waals surface area contributed by atoms with Crippen molar-refractivity contribution in [2.45, 2.75) is 13.8 Å². The van der Waals surface area contributed by atoms with E-state index in [4.69, 9.17) is 9.47 Å². The molecule has 0 spiro atoms. The third-order valence-corrected chi connectivity index (χ3v) is 1.94. The third kappa shape index (κ3) is 8.54. The minimum absolute atomic E-state index is 0.120. The first-order valence-electron chi connectivity index (χ1n) is 5.32. The topological polar surface area (TPSA) is 38.8 Å². The first kappa shape index (κ1) is 14.6. The number of ether oxygens (including phenoxy) is 2. The van der Waals surface area contributed by atoms with E-state index in [2.05, 4.69) is 18.7 Å². The van der Waals surface area contributed by atoms with Gasteiger partial charge in [-0.15, -0.1) is 0 Å². The van der Waals surface area contributed by atoms with Crippen molar-refractivity contribution < 1.29 is 14.3 Å². The fraction of sp³-hybridized carbons (Fsp3) is 0.909. The lowest BCUT2D eigenvalue weighted by atomic mass is 10.2. The SMILES string of the molecule is COCCN(CC(=O)COC)CC(C)C. The van der Waals surface area contributed by atoms with Gasteiger partial charge in [0.2, 0.25) is 0 Å². The van der Waals surface area contributed by atoms with Gasteiger partial charge in [0.05, 0.1) is 13.2 Å². The highest BCUT2D eigenvalue weighted by molar-refractivity contribution is 5.81. The van der Waals surface area contributed by atoms with Crippen molar-refractivity contribution in [3.8, 4) is 0 Å². The minimum atomic E-state index is 0.120. The molecule has 0 N–H and O–H groups in total. The first-order chi connectivity index (χ1) is 7.10. The lowest BCUT2D eigenvalue weighted by molar-refractivity contribution is -0.124. The van der Waals surface area contributed by atoms with Gasteiger partial charge in [0.1, 0.15) is 6.61 Å². The molecule has 4 nitrogen and oxygen atoms in total. The van der Waals surface area contributed by atoms with Crippen LogP contribution >= 0.6 is 0 Å². The predicted octanol–water partition coefficient (Wildman–Crippen LogP) is 0.806. The van der Waals surface area contributed by atoms with Crippen LogP contribution in [0.3, 0.4) is 0 Å². The van der Waals surface area contributed by atoms with Gasteiger partial charge in [-0.1, -0.05) is 13.8 Å². The Bertz CT molecular complexity index is 171. The molecule has 0 aliphatic carbocycles. The summed E-state index contributed by atoms with van der Waals surface area (Å²) in [6.45, 7) is 7.30. The largest absolute Gasteiger partial charge is 0.383 e. The van der Waals surface area contributed by atoms with E-state index >= 15 is 0 Å². The highest BCUT2D eigenvalue weighted by atomic mass is 16.5. The van der Waals surface area contributed by atoms with Crippen LogP contribution in [0.15, 0.2) is 0 Å². The molecule has 0 unspecified atom stereocenters. The molecule has 0 atom stereocenters. The maximum absolute atomic E-state index is 11.4. The van der Waals surface area contributed by atoms with Crippen LogP contribution in [0.5, 0.6) is 0 Å². The van der Waals surface area contributed by atoms with Crippen LogP contribution in [-0.2, 0) is 14.3 Å². The molecule has 0 aliphatic rings. The van der Waals surface area contributed by atoms with Crippen molar-refractivity contribution in [2.75, 3.05) is 47.1 Å². The van der Waals surface area contributed by atoms with Gasteiger partial charge in [-0.3, -0.25) is 9.69 Å². The number of nitrogens with zero attached hydrogens (tertiary/aromatic N) is 1. The Morgan fingerprint density at radius 2 is 1.93 bits per heavy atom. The molecule has 0 heterocycles. The molecular formula is C11H23NO3. The normalized spacial score (nSPS) is 11.3. The molecule has 0 fully saturated rings. The van der Waals surface area contributed by atoms with E-state index in [-0.39, 0.29) is 12.4 Å². The van der Waals surface area contributed by atoms with Crippen LogP contribution in [0, 0.1) is 5.92 Å². The van der Waals surface area contributed by atoms with Gasteiger partial charge in [-0.05, 0) is 5.92 Å². The number of methoxy groups -OCH3 is 2. The highest BCUT2D eigenvalue weighted by Crippen LogP contribution is 1.98. The Morgan fingerprint density at radius 1 is 1.27 bits per heavy atom. The molecule has 0 radical (unpaired) electrons. The van der Waals surface area contributed by atoms with Crippen molar-refractivity contribution in [3.05, 3.63) is 0 Å². The van der Waals surface area contributed by atoms with Gasteiger partial charge in [0.15, 0.2) is 5.78 Å². The molecular weight excluding hydrogens is 194 g/mol. The summed E-state index contributed by atoms with van der Waals surface area (Å²) in [7, 11) is 3.21. The van der Waals surface area contributed by atoms with Crippen molar-refractivity contribution in [1.29, 1.82) is 0 Å². The molecule has 0 aromatic heterocycles. The van der Waals surface area contributed by atoms with E-state index in [0.717, 1.165) is 13.1 Å². The Morgan fingerprint density at radius 3 is 2.40 bits per heavy atom. The number of Topliss-reactive ketones (excluding diaryl/α,β-unsaturated/α-hetero) is 1. The summed E-state index contributed by atoms with van der Waals surface area (Å²) >= 11 is 0. The zero-order valence-corrected chi connectivity index (χ0v) is 10.3. The van der Waals surface area contributed by atoms with Crippen LogP contribution in [0.4, 0.5) is 0 Å². The Labute approximate surface area is 92.5 Å². The van der Waals surface area contributed by atoms with Crippen molar-refractivity contribution in [1.82, 2.24) is 4.90 Å². The average molecular weight is 217 g/mol. The maximum Gasteiger partial charge on any atom is 0.172 e. The van der Waals surface area contributed by atoms with Crippen molar-refractivity contribution in [2.24, 2.45) is 5.92 Å². The maximum atomic E-state index is 11.4. The molecule has 0 aromatic rings. The Hall–Kier alpha value is -0.450. The summed E-state index contributed by atoms with van der Waals surface area (Å²) in [5.74, 6) is 0.673. The van der Waals surface area contributed by atoms with Crippen LogP contribution in [0.25, 0.3) is 0 Å². The lowest BCUT2D eigenvalue weighted by Crippen LogP contribution is -2.36. The Kier molecular flexibility index (Phi) is 8.56. The molecule has 0 saturated heterocycles. The number of rotatable bonds is 9. The zero-order valence-electron chi connectivity index (χ0n) is 10.3. The fourth-order valence-corrected chi connectivity index (χ4v) is 1.43. The quantitative estimate of drug-likeness (QED) is 0.573. The van der Waals surface area contributed by atoms with Gasteiger partial charge in [-0.25, -0.2) is 0 Å². The number of ketones is 1. The molecule has 15 heavy (non-hydrogen) atoms. The number of carbonyl (C=O) groups is 1. The van der Waals surface area contributed by atoms with E-state index < -0.39 is 0 Å². The van der Waals surface area contributed by atoms with Gasteiger partial charge in [0.25, 0.3) is 0 Å². The van der Waals surface area contributed by atoms with E-state index in [9.17, 15) is 4.79 Å². The highest BCUT2D eigenvalue weighted by Gasteiger charge is 2.11. The van der Waals surface area contributed by atoms with E-state index in [1.54, 1.807) is 14.2 Å². The summed E-state index contributed by atoms with van der Waals surface area (Å²) in [5, 5.41) is 0. The molecule has 0 aliphatic heterocycles. The molecule has 0 aromatic carbocycles. The van der Waals surface area contributed by atoms with E-state index in [1.807, 2.05) is 0 Å².